The van der Waals surface area contributed by atoms with Gasteiger partial charge >= 0.3 is 0 Å². The minimum Gasteiger partial charge on any atom is -0.294 e. The number of benzene rings is 2. The molecule has 0 aliphatic carbocycles. The maximum absolute atomic E-state index is 12.2. The van der Waals surface area contributed by atoms with Gasteiger partial charge in [-0.3, -0.25) is 4.79 Å². The summed E-state index contributed by atoms with van der Waals surface area (Å²) >= 11 is 5.74. The number of hydrogen-bond acceptors (Lipinski definition) is 1. The van der Waals surface area contributed by atoms with E-state index in [1.165, 1.54) is 3.57 Å². The fourth-order valence-corrected chi connectivity index (χ4v) is 2.59. The third-order valence-corrected chi connectivity index (χ3v) is 4.54. The average molecular weight is 415 g/mol. The molecule has 1 nitrogen and oxygen atoms in total. The molecule has 0 saturated carbocycles. The van der Waals surface area contributed by atoms with Crippen LogP contribution in [0, 0.1) is 10.5 Å². The summed E-state index contributed by atoms with van der Waals surface area (Å²) in [6, 6.07) is 13.8. The second-order valence-electron chi connectivity index (χ2n) is 4.16. The van der Waals surface area contributed by atoms with Crippen molar-refractivity contribution < 1.29 is 4.79 Å². The van der Waals surface area contributed by atoms with Crippen LogP contribution in [0.4, 0.5) is 0 Å². The van der Waals surface area contributed by atoms with Gasteiger partial charge in [0.15, 0.2) is 5.78 Å². The van der Waals surface area contributed by atoms with Crippen LogP contribution < -0.4 is 0 Å². The lowest BCUT2D eigenvalue weighted by atomic mass is 10.0. The van der Waals surface area contributed by atoms with Gasteiger partial charge in [0.25, 0.3) is 0 Å². The molecule has 2 aromatic rings. The summed E-state index contributed by atoms with van der Waals surface area (Å²) in [6.45, 7) is 1.99. The Bertz CT molecular complexity index is 576. The largest absolute Gasteiger partial charge is 0.294 e. The normalized spacial score (nSPS) is 10.4. The number of Topliss-reactive ketones (excluding diaryl/α,β-unsaturated/α-hetero) is 1. The van der Waals surface area contributed by atoms with Gasteiger partial charge in [0, 0.05) is 20.0 Å². The molecule has 0 N–H and O–H groups in total. The number of carbonyl (C=O) groups excluding carboxylic acids is 1. The van der Waals surface area contributed by atoms with Crippen molar-refractivity contribution in [3.05, 3.63) is 67.2 Å². The molecular formula is C15H12BrIO. The van der Waals surface area contributed by atoms with Crippen LogP contribution in [0.5, 0.6) is 0 Å². The van der Waals surface area contributed by atoms with Crippen LogP contribution in [-0.2, 0) is 6.42 Å². The van der Waals surface area contributed by atoms with E-state index in [1.54, 1.807) is 0 Å². The Morgan fingerprint density at radius 2 is 1.83 bits per heavy atom. The van der Waals surface area contributed by atoms with Crippen molar-refractivity contribution in [3.63, 3.8) is 0 Å². The number of ketones is 1. The standard InChI is InChI=1S/C15H12BrIO/c1-10-3-2-4-13(15(10)16)14(18)9-11-5-7-12(17)8-6-11/h2-8H,9H2,1H3. The minimum absolute atomic E-state index is 0.145. The summed E-state index contributed by atoms with van der Waals surface area (Å²) < 4.78 is 2.08. The van der Waals surface area contributed by atoms with E-state index in [1.807, 2.05) is 49.4 Å². The van der Waals surface area contributed by atoms with Gasteiger partial charge in [0.2, 0.25) is 0 Å². The Balaban J connectivity index is 2.22. The first-order valence-electron chi connectivity index (χ1n) is 5.60. The Morgan fingerprint density at radius 3 is 2.50 bits per heavy atom. The van der Waals surface area contributed by atoms with Crippen molar-refractivity contribution >= 4 is 44.3 Å². The van der Waals surface area contributed by atoms with Crippen molar-refractivity contribution in [1.29, 1.82) is 0 Å². The highest BCUT2D eigenvalue weighted by Crippen LogP contribution is 2.22. The molecular weight excluding hydrogens is 403 g/mol. The highest BCUT2D eigenvalue weighted by Gasteiger charge is 2.11. The molecule has 0 unspecified atom stereocenters. The first-order valence-corrected chi connectivity index (χ1v) is 7.48. The van der Waals surface area contributed by atoms with Crippen LogP contribution in [0.15, 0.2) is 46.9 Å². The lowest BCUT2D eigenvalue weighted by Gasteiger charge is -2.06. The molecule has 92 valence electrons. The zero-order valence-corrected chi connectivity index (χ0v) is 13.7. The molecule has 0 aliphatic rings. The molecule has 3 heteroatoms. The molecule has 0 atom stereocenters. The van der Waals surface area contributed by atoms with Gasteiger partial charge in [-0.15, -0.1) is 0 Å². The lowest BCUT2D eigenvalue weighted by molar-refractivity contribution is 0.0992. The predicted octanol–water partition coefficient (Wildman–Crippen LogP) is 4.79. The van der Waals surface area contributed by atoms with Crippen LogP contribution in [0.3, 0.4) is 0 Å². The van der Waals surface area contributed by atoms with Gasteiger partial charge in [0.05, 0.1) is 0 Å². The third-order valence-electron chi connectivity index (χ3n) is 2.77. The number of aryl methyl sites for hydroxylation is 1. The van der Waals surface area contributed by atoms with E-state index in [0.29, 0.717) is 6.42 Å². The molecule has 0 bridgehead atoms. The van der Waals surface area contributed by atoms with E-state index in [-0.39, 0.29) is 5.78 Å². The molecule has 0 radical (unpaired) electrons. The van der Waals surface area contributed by atoms with Crippen LogP contribution in [0.2, 0.25) is 0 Å². The molecule has 18 heavy (non-hydrogen) atoms. The summed E-state index contributed by atoms with van der Waals surface area (Å²) in [5.41, 5.74) is 2.89. The molecule has 0 heterocycles. The maximum Gasteiger partial charge on any atom is 0.168 e. The number of hydrogen-bond donors (Lipinski definition) is 0. The lowest BCUT2D eigenvalue weighted by Crippen LogP contribution is -2.05. The molecule has 2 rings (SSSR count). The molecule has 0 aliphatic heterocycles. The van der Waals surface area contributed by atoms with E-state index in [9.17, 15) is 4.79 Å². The van der Waals surface area contributed by atoms with Gasteiger partial charge in [-0.05, 0) is 68.7 Å². The SMILES string of the molecule is Cc1cccc(C(=O)Cc2ccc(I)cc2)c1Br. The Hall–Kier alpha value is -0.680. The number of rotatable bonds is 3. The Kier molecular flexibility index (Phi) is 4.56. The van der Waals surface area contributed by atoms with E-state index < -0.39 is 0 Å². The number of halogens is 2. The summed E-state index contributed by atoms with van der Waals surface area (Å²) in [5.74, 6) is 0.145. The quantitative estimate of drug-likeness (QED) is 0.521. The predicted molar refractivity (Wildman–Crippen MR) is 86.1 cm³/mol. The van der Waals surface area contributed by atoms with Crippen molar-refractivity contribution in [2.75, 3.05) is 0 Å². The van der Waals surface area contributed by atoms with Gasteiger partial charge in [0.1, 0.15) is 0 Å². The molecule has 0 saturated heterocycles. The fourth-order valence-electron chi connectivity index (χ4n) is 1.75. The Labute approximate surface area is 129 Å². The molecule has 2 aromatic carbocycles. The summed E-state index contributed by atoms with van der Waals surface area (Å²) in [4.78, 5) is 12.2. The van der Waals surface area contributed by atoms with Crippen LogP contribution in [0.25, 0.3) is 0 Å². The third kappa shape index (κ3) is 3.20. The van der Waals surface area contributed by atoms with Crippen LogP contribution >= 0.6 is 38.5 Å². The molecule has 0 amide bonds. The minimum atomic E-state index is 0.145. The van der Waals surface area contributed by atoms with Crippen molar-refractivity contribution in [2.24, 2.45) is 0 Å². The molecule has 0 fully saturated rings. The topological polar surface area (TPSA) is 17.1 Å². The Morgan fingerprint density at radius 1 is 1.17 bits per heavy atom. The summed E-state index contributed by atoms with van der Waals surface area (Å²) in [7, 11) is 0. The first-order chi connectivity index (χ1) is 8.58. The summed E-state index contributed by atoms with van der Waals surface area (Å²) in [5, 5.41) is 0. The van der Waals surface area contributed by atoms with Gasteiger partial charge in [-0.25, -0.2) is 0 Å². The zero-order valence-electron chi connectivity index (χ0n) is 9.91. The van der Waals surface area contributed by atoms with Crippen molar-refractivity contribution in [1.82, 2.24) is 0 Å². The monoisotopic (exact) mass is 414 g/mol. The van der Waals surface area contributed by atoms with Gasteiger partial charge in [-0.2, -0.15) is 0 Å². The smallest absolute Gasteiger partial charge is 0.168 e. The van der Waals surface area contributed by atoms with Crippen LogP contribution in [-0.4, -0.2) is 5.78 Å². The molecule has 0 spiro atoms. The highest BCUT2D eigenvalue weighted by atomic mass is 127. The molecule has 0 aromatic heterocycles. The maximum atomic E-state index is 12.2. The van der Waals surface area contributed by atoms with E-state index in [4.69, 9.17) is 0 Å². The number of carbonyl (C=O) groups is 1. The highest BCUT2D eigenvalue weighted by molar-refractivity contribution is 14.1. The van der Waals surface area contributed by atoms with Gasteiger partial charge < -0.3 is 0 Å². The van der Waals surface area contributed by atoms with Crippen molar-refractivity contribution in [2.45, 2.75) is 13.3 Å². The summed E-state index contributed by atoms with van der Waals surface area (Å²) in [6.07, 6.45) is 0.443. The fraction of sp³-hybridized carbons (Fsp3) is 0.133. The first kappa shape index (κ1) is 13.7. The van der Waals surface area contributed by atoms with E-state index in [0.717, 1.165) is 21.2 Å². The van der Waals surface area contributed by atoms with E-state index >= 15 is 0 Å². The van der Waals surface area contributed by atoms with Crippen molar-refractivity contribution in [3.8, 4) is 0 Å². The second-order valence-corrected chi connectivity index (χ2v) is 6.20. The zero-order chi connectivity index (χ0) is 13.1. The second kappa shape index (κ2) is 5.97. The average Bonchev–Trinajstić information content (AvgIpc) is 2.35. The van der Waals surface area contributed by atoms with E-state index in [2.05, 4.69) is 38.5 Å². The van der Waals surface area contributed by atoms with Crippen LogP contribution in [0.1, 0.15) is 21.5 Å². The van der Waals surface area contributed by atoms with Gasteiger partial charge in [-0.1, -0.05) is 30.3 Å².